The van der Waals surface area contributed by atoms with Crippen molar-refractivity contribution in [3.05, 3.63) is 89.5 Å². The van der Waals surface area contributed by atoms with Gasteiger partial charge in [-0.3, -0.25) is 4.79 Å². The zero-order valence-electron chi connectivity index (χ0n) is 22.9. The molecule has 0 N–H and O–H groups in total. The number of Topliss-reactive ketones (excluding diaryl/α,β-unsaturated/α-hetero) is 1. The van der Waals surface area contributed by atoms with Gasteiger partial charge in [-0.1, -0.05) is 81.4 Å². The largest absolute Gasteiger partial charge is 0.400 e. The molecular formula is C31H36F2NO3Si. The van der Waals surface area contributed by atoms with E-state index in [0.29, 0.717) is 18.7 Å². The quantitative estimate of drug-likeness (QED) is 0.287. The number of carbonyl (C=O) groups excluding carboxylic acids is 1. The maximum atomic E-state index is 16.0. The summed E-state index contributed by atoms with van der Waals surface area (Å²) < 4.78 is 44.2. The first-order valence-electron chi connectivity index (χ1n) is 13.0. The third-order valence-corrected chi connectivity index (χ3v) is 8.89. The molecule has 0 amide bonds. The minimum atomic E-state index is -1.80. The summed E-state index contributed by atoms with van der Waals surface area (Å²) >= 11 is 0. The van der Waals surface area contributed by atoms with Crippen LogP contribution in [-0.2, 0) is 9.16 Å². The van der Waals surface area contributed by atoms with Crippen molar-refractivity contribution < 1.29 is 22.7 Å². The number of rotatable bonds is 7. The van der Waals surface area contributed by atoms with Crippen LogP contribution in [0.25, 0.3) is 0 Å². The lowest BCUT2D eigenvalue weighted by Crippen LogP contribution is -2.48. The Morgan fingerprint density at radius 1 is 0.947 bits per heavy atom. The minimum Gasteiger partial charge on any atom is -0.400 e. The summed E-state index contributed by atoms with van der Waals surface area (Å²) in [6.07, 6.45) is -0.957. The van der Waals surface area contributed by atoms with Crippen LogP contribution in [0.5, 0.6) is 0 Å². The van der Waals surface area contributed by atoms with Crippen molar-refractivity contribution in [1.82, 2.24) is 0 Å². The lowest BCUT2D eigenvalue weighted by atomic mass is 9.83. The second-order valence-electron chi connectivity index (χ2n) is 11.1. The SMILES string of the molecule is CC(=O)c1cc(C(O[Si](c2ccccc2)c2ccccc2)C(C)(C)C)c(N2C[C@@H](C)O[C@@H](C)C2)c(F)c1F. The lowest BCUT2D eigenvalue weighted by Gasteiger charge is -2.41. The van der Waals surface area contributed by atoms with Gasteiger partial charge >= 0.3 is 0 Å². The van der Waals surface area contributed by atoms with Gasteiger partial charge in [-0.2, -0.15) is 0 Å². The Kier molecular flexibility index (Phi) is 8.50. The zero-order valence-corrected chi connectivity index (χ0v) is 23.9. The van der Waals surface area contributed by atoms with Gasteiger partial charge in [-0.25, -0.2) is 8.78 Å². The highest BCUT2D eigenvalue weighted by Crippen LogP contribution is 2.44. The Labute approximate surface area is 226 Å². The predicted octanol–water partition coefficient (Wildman–Crippen LogP) is 5.69. The van der Waals surface area contributed by atoms with Crippen molar-refractivity contribution in [3.8, 4) is 0 Å². The van der Waals surface area contributed by atoms with Gasteiger partial charge in [0, 0.05) is 18.7 Å². The smallest absolute Gasteiger partial charge is 0.283 e. The molecule has 1 saturated heterocycles. The van der Waals surface area contributed by atoms with E-state index in [4.69, 9.17) is 9.16 Å². The number of ketones is 1. The highest BCUT2D eigenvalue weighted by Gasteiger charge is 2.38. The highest BCUT2D eigenvalue weighted by atomic mass is 28.3. The molecule has 1 fully saturated rings. The third-order valence-electron chi connectivity index (χ3n) is 6.70. The Balaban J connectivity index is 1.92. The van der Waals surface area contributed by atoms with Gasteiger partial charge in [0.05, 0.1) is 29.6 Å². The van der Waals surface area contributed by atoms with Crippen molar-refractivity contribution in [3.63, 3.8) is 0 Å². The first kappa shape index (κ1) is 28.1. The van der Waals surface area contributed by atoms with E-state index in [1.807, 2.05) is 100 Å². The molecule has 0 spiro atoms. The molecule has 1 unspecified atom stereocenters. The molecule has 1 radical (unpaired) electrons. The molecule has 3 aromatic rings. The molecule has 0 aromatic heterocycles. The number of hydrogen-bond donors (Lipinski definition) is 0. The van der Waals surface area contributed by atoms with Crippen molar-refractivity contribution in [2.24, 2.45) is 5.41 Å². The molecule has 1 aliphatic rings. The van der Waals surface area contributed by atoms with Crippen LogP contribution in [0.15, 0.2) is 66.7 Å². The Morgan fingerprint density at radius 3 is 1.89 bits per heavy atom. The van der Waals surface area contributed by atoms with Crippen LogP contribution in [0.1, 0.15) is 63.6 Å². The van der Waals surface area contributed by atoms with Gasteiger partial charge in [-0.05, 0) is 42.6 Å². The van der Waals surface area contributed by atoms with E-state index < -0.39 is 38.0 Å². The molecule has 4 rings (SSSR count). The summed E-state index contributed by atoms with van der Waals surface area (Å²) in [7, 11) is -1.80. The van der Waals surface area contributed by atoms with E-state index >= 15 is 8.78 Å². The van der Waals surface area contributed by atoms with E-state index in [0.717, 1.165) is 10.4 Å². The number of anilines is 1. The summed E-state index contributed by atoms with van der Waals surface area (Å²) in [5.41, 5.74) is -0.133. The first-order chi connectivity index (χ1) is 18.0. The lowest BCUT2D eigenvalue weighted by molar-refractivity contribution is -0.00576. The van der Waals surface area contributed by atoms with Crippen LogP contribution in [0, 0.1) is 17.0 Å². The van der Waals surface area contributed by atoms with Crippen LogP contribution in [0.2, 0.25) is 0 Å². The fourth-order valence-corrected chi connectivity index (χ4v) is 7.39. The molecule has 0 saturated carbocycles. The van der Waals surface area contributed by atoms with Gasteiger partial charge in [0.25, 0.3) is 9.04 Å². The number of carbonyl (C=O) groups is 1. The molecule has 7 heteroatoms. The monoisotopic (exact) mass is 536 g/mol. The summed E-state index contributed by atoms with van der Waals surface area (Å²) in [5.74, 6) is -2.66. The van der Waals surface area contributed by atoms with Crippen LogP contribution in [0.3, 0.4) is 0 Å². The molecule has 3 aromatic carbocycles. The molecule has 38 heavy (non-hydrogen) atoms. The van der Waals surface area contributed by atoms with E-state index in [1.54, 1.807) is 0 Å². The molecule has 0 aliphatic carbocycles. The van der Waals surface area contributed by atoms with Crippen molar-refractivity contribution in [2.45, 2.75) is 59.9 Å². The number of morpholine rings is 1. The maximum absolute atomic E-state index is 16.0. The summed E-state index contributed by atoms with van der Waals surface area (Å²) in [6, 6.07) is 21.5. The van der Waals surface area contributed by atoms with Crippen LogP contribution < -0.4 is 15.3 Å². The summed E-state index contributed by atoms with van der Waals surface area (Å²) in [5, 5.41) is 2.09. The molecule has 1 heterocycles. The zero-order chi connectivity index (χ0) is 27.6. The summed E-state index contributed by atoms with van der Waals surface area (Å²) in [4.78, 5) is 14.3. The normalized spacial score (nSPS) is 19.0. The Bertz CT molecular complexity index is 1210. The number of benzene rings is 3. The topological polar surface area (TPSA) is 38.8 Å². The van der Waals surface area contributed by atoms with E-state index in [1.165, 1.54) is 13.0 Å². The molecular weight excluding hydrogens is 500 g/mol. The summed E-state index contributed by atoms with van der Waals surface area (Å²) in [6.45, 7) is 12.0. The Hall–Kier alpha value is -2.87. The molecule has 1 aliphatic heterocycles. The van der Waals surface area contributed by atoms with Gasteiger partial charge in [0.2, 0.25) is 0 Å². The molecule has 4 nitrogen and oxygen atoms in total. The number of ether oxygens (including phenoxy) is 1. The minimum absolute atomic E-state index is 0.150. The number of nitrogens with zero attached hydrogens (tertiary/aromatic N) is 1. The highest BCUT2D eigenvalue weighted by molar-refractivity contribution is 6.80. The molecule has 201 valence electrons. The second-order valence-corrected chi connectivity index (χ2v) is 13.2. The van der Waals surface area contributed by atoms with E-state index in [-0.39, 0.29) is 23.5 Å². The number of hydrogen-bond acceptors (Lipinski definition) is 4. The fourth-order valence-electron chi connectivity index (χ4n) is 5.08. The first-order valence-corrected chi connectivity index (χ1v) is 14.5. The molecule has 0 bridgehead atoms. The molecule has 3 atom stereocenters. The average Bonchev–Trinajstić information content (AvgIpc) is 2.86. The van der Waals surface area contributed by atoms with Gasteiger partial charge in [0.15, 0.2) is 17.4 Å². The Morgan fingerprint density at radius 2 is 1.45 bits per heavy atom. The average molecular weight is 537 g/mol. The predicted molar refractivity (Wildman–Crippen MR) is 150 cm³/mol. The van der Waals surface area contributed by atoms with Crippen LogP contribution >= 0.6 is 0 Å². The standard InChI is InChI=1S/C31H36F2NO3Si/c1-20-18-34(19-21(2)36-20)29-26(17-25(22(3)35)27(32)28(29)33)30(31(4,5)6)37-38(23-13-9-7-10-14-23)24-15-11-8-12-16-24/h7-17,20-21,30H,18-19H2,1-6H3/t20-,21+,30?. The van der Waals surface area contributed by atoms with Crippen LogP contribution in [0.4, 0.5) is 14.5 Å². The maximum Gasteiger partial charge on any atom is 0.283 e. The second kappa shape index (κ2) is 11.5. The fraction of sp³-hybridized carbons (Fsp3) is 0.387. The van der Waals surface area contributed by atoms with Crippen LogP contribution in [-0.4, -0.2) is 40.1 Å². The van der Waals surface area contributed by atoms with Crippen molar-refractivity contribution >= 4 is 30.9 Å². The van der Waals surface area contributed by atoms with Crippen molar-refractivity contribution in [1.29, 1.82) is 0 Å². The van der Waals surface area contributed by atoms with Gasteiger partial charge in [0.1, 0.15) is 0 Å². The number of halogens is 2. The van der Waals surface area contributed by atoms with E-state index in [2.05, 4.69) is 0 Å². The van der Waals surface area contributed by atoms with Crippen molar-refractivity contribution in [2.75, 3.05) is 18.0 Å². The van der Waals surface area contributed by atoms with Gasteiger partial charge in [-0.15, -0.1) is 0 Å². The van der Waals surface area contributed by atoms with Gasteiger partial charge < -0.3 is 14.1 Å². The third kappa shape index (κ3) is 6.06. The van der Waals surface area contributed by atoms with E-state index in [9.17, 15) is 4.79 Å².